The molecule has 0 saturated heterocycles. The van der Waals surface area contributed by atoms with Gasteiger partial charge < -0.3 is 10.2 Å². The van der Waals surface area contributed by atoms with E-state index in [1.54, 1.807) is 13.0 Å². The molecule has 0 unspecified atom stereocenters. The number of benzene rings is 1. The van der Waals surface area contributed by atoms with Gasteiger partial charge in [-0.1, -0.05) is 6.07 Å². The highest BCUT2D eigenvalue weighted by Gasteiger charge is 2.49. The number of nitrogens with one attached hydrogen (secondary N) is 1. The predicted molar refractivity (Wildman–Crippen MR) is 89.1 cm³/mol. The molecule has 1 heterocycles. The maximum atomic E-state index is 13.7. The highest BCUT2D eigenvalue weighted by Crippen LogP contribution is 2.47. The van der Waals surface area contributed by atoms with Crippen LogP contribution in [0.25, 0.3) is 0 Å². The Morgan fingerprint density at radius 1 is 1.33 bits per heavy atom. The number of anilines is 1. The number of hydrogen-bond donors (Lipinski definition) is 2. The average Bonchev–Trinajstić information content (AvgIpc) is 2.55. The topological polar surface area (TPSA) is 84.0 Å². The third-order valence-corrected chi connectivity index (χ3v) is 4.59. The molecule has 1 fully saturated rings. The third-order valence-electron chi connectivity index (χ3n) is 4.59. The van der Waals surface area contributed by atoms with Crippen LogP contribution in [0, 0.1) is 24.1 Å². The summed E-state index contributed by atoms with van der Waals surface area (Å²) in [5.74, 6) is 3.69. The van der Waals surface area contributed by atoms with Crippen molar-refractivity contribution in [3.05, 3.63) is 53.0 Å². The number of alkyl halides is 3. The molecule has 1 saturated carbocycles. The van der Waals surface area contributed by atoms with Crippen molar-refractivity contribution in [2.45, 2.75) is 37.5 Å². The average molecular weight is 380 g/mol. The number of pyridine rings is 1. The summed E-state index contributed by atoms with van der Waals surface area (Å²) in [6.07, 6.45) is -3.90. The molecule has 0 bridgehead atoms. The van der Waals surface area contributed by atoms with E-state index in [1.807, 2.05) is 5.43 Å². The summed E-state index contributed by atoms with van der Waals surface area (Å²) >= 11 is 0. The summed E-state index contributed by atoms with van der Waals surface area (Å²) in [6, 6.07) is 7.57. The zero-order valence-corrected chi connectivity index (χ0v) is 14.3. The van der Waals surface area contributed by atoms with Crippen molar-refractivity contribution in [1.82, 2.24) is 4.98 Å². The lowest BCUT2D eigenvalue weighted by molar-refractivity contribution is -0.139. The highest BCUT2D eigenvalue weighted by atomic mass is 19.4. The monoisotopic (exact) mass is 380 g/mol. The summed E-state index contributed by atoms with van der Waals surface area (Å²) in [7, 11) is 0. The Bertz CT molecular complexity index is 881. The second-order valence-electron chi connectivity index (χ2n) is 6.53. The van der Waals surface area contributed by atoms with Gasteiger partial charge in [-0.2, -0.15) is 18.4 Å². The fourth-order valence-corrected chi connectivity index (χ4v) is 3.31. The zero-order chi connectivity index (χ0) is 19.8. The number of halogens is 4. The van der Waals surface area contributed by atoms with Crippen molar-refractivity contribution in [2.24, 2.45) is 5.84 Å². The first-order chi connectivity index (χ1) is 12.7. The normalized spacial score (nSPS) is 21.9. The smallest absolute Gasteiger partial charge is 0.423 e. The number of nitrogens with zero attached hydrogens (tertiary/aromatic N) is 2. The molecule has 1 aliphatic carbocycles. The van der Waals surface area contributed by atoms with Gasteiger partial charge in [-0.05, 0) is 36.2 Å². The maximum absolute atomic E-state index is 13.7. The van der Waals surface area contributed by atoms with Gasteiger partial charge in [-0.15, -0.1) is 0 Å². The SMILES string of the molecule is Cc1cc(F)cc(C2(C#N)CC(Oc3ccnc(NN)c3C(F)(F)F)C2)c1. The molecule has 1 aromatic carbocycles. The predicted octanol–water partition coefficient (Wildman–Crippen LogP) is 3.84. The molecule has 0 amide bonds. The maximum Gasteiger partial charge on any atom is 0.423 e. The second-order valence-corrected chi connectivity index (χ2v) is 6.53. The lowest BCUT2D eigenvalue weighted by Gasteiger charge is -2.43. The van der Waals surface area contributed by atoms with Gasteiger partial charge >= 0.3 is 6.18 Å². The first-order valence-electron chi connectivity index (χ1n) is 8.07. The molecule has 1 aliphatic rings. The molecular weight excluding hydrogens is 364 g/mol. The Labute approximate surface area is 152 Å². The molecule has 0 spiro atoms. The van der Waals surface area contributed by atoms with Crippen LogP contribution >= 0.6 is 0 Å². The lowest BCUT2D eigenvalue weighted by Crippen LogP contribution is -2.46. The van der Waals surface area contributed by atoms with Gasteiger partial charge in [0.15, 0.2) is 5.82 Å². The van der Waals surface area contributed by atoms with E-state index in [2.05, 4.69) is 11.1 Å². The van der Waals surface area contributed by atoms with E-state index in [0.717, 1.165) is 12.3 Å². The van der Waals surface area contributed by atoms with Crippen LogP contribution in [-0.4, -0.2) is 11.1 Å². The number of hydrazine groups is 1. The molecule has 27 heavy (non-hydrogen) atoms. The Balaban J connectivity index is 1.84. The fraction of sp³-hybridized carbons (Fsp3) is 0.333. The number of nitrogens with two attached hydrogens (primary N) is 1. The van der Waals surface area contributed by atoms with Crippen LogP contribution in [0.1, 0.15) is 29.5 Å². The summed E-state index contributed by atoms with van der Waals surface area (Å²) in [6.45, 7) is 1.71. The molecule has 142 valence electrons. The van der Waals surface area contributed by atoms with Crippen LogP contribution in [0.4, 0.5) is 23.4 Å². The van der Waals surface area contributed by atoms with E-state index in [1.165, 1.54) is 12.1 Å². The van der Waals surface area contributed by atoms with Crippen LogP contribution in [0.3, 0.4) is 0 Å². The van der Waals surface area contributed by atoms with Gasteiger partial charge in [-0.25, -0.2) is 15.2 Å². The van der Waals surface area contributed by atoms with Crippen LogP contribution in [0.15, 0.2) is 30.5 Å². The van der Waals surface area contributed by atoms with E-state index < -0.39 is 40.6 Å². The number of aryl methyl sites for hydroxylation is 1. The molecule has 9 heteroatoms. The summed E-state index contributed by atoms with van der Waals surface area (Å²) in [5.41, 5.74) is 0.977. The second kappa shape index (κ2) is 6.70. The number of aromatic nitrogens is 1. The van der Waals surface area contributed by atoms with E-state index in [0.29, 0.717) is 11.1 Å². The van der Waals surface area contributed by atoms with Crippen LogP contribution < -0.4 is 16.0 Å². The molecule has 0 radical (unpaired) electrons. The Hall–Kier alpha value is -2.86. The molecule has 0 atom stereocenters. The van der Waals surface area contributed by atoms with Crippen LogP contribution in [-0.2, 0) is 11.6 Å². The molecule has 5 nitrogen and oxygen atoms in total. The minimum Gasteiger partial charge on any atom is -0.489 e. The van der Waals surface area contributed by atoms with Crippen molar-refractivity contribution in [3.8, 4) is 11.8 Å². The molecule has 1 aromatic heterocycles. The van der Waals surface area contributed by atoms with E-state index in [-0.39, 0.29) is 12.8 Å². The third kappa shape index (κ3) is 3.53. The first-order valence-corrected chi connectivity index (χ1v) is 8.07. The Morgan fingerprint density at radius 3 is 2.59 bits per heavy atom. The van der Waals surface area contributed by atoms with Crippen molar-refractivity contribution < 1.29 is 22.3 Å². The molecule has 0 aliphatic heterocycles. The number of nitrogen functional groups attached to an aromatic ring is 1. The van der Waals surface area contributed by atoms with Crippen molar-refractivity contribution in [3.63, 3.8) is 0 Å². The Morgan fingerprint density at radius 2 is 2.04 bits per heavy atom. The molecular formula is C18H16F4N4O. The number of hydrogen-bond acceptors (Lipinski definition) is 5. The van der Waals surface area contributed by atoms with E-state index >= 15 is 0 Å². The van der Waals surface area contributed by atoms with Crippen molar-refractivity contribution >= 4 is 5.82 Å². The first kappa shape index (κ1) is 18.9. The lowest BCUT2D eigenvalue weighted by atomic mass is 9.63. The zero-order valence-electron chi connectivity index (χ0n) is 14.3. The van der Waals surface area contributed by atoms with Gasteiger partial charge in [0.1, 0.15) is 23.2 Å². The number of rotatable bonds is 4. The van der Waals surface area contributed by atoms with Gasteiger partial charge in [0.2, 0.25) is 0 Å². The van der Waals surface area contributed by atoms with Gasteiger partial charge in [0, 0.05) is 19.0 Å². The van der Waals surface area contributed by atoms with Crippen molar-refractivity contribution in [2.75, 3.05) is 5.43 Å². The molecule has 2 aromatic rings. The van der Waals surface area contributed by atoms with Gasteiger partial charge in [0.25, 0.3) is 0 Å². The fourth-order valence-electron chi connectivity index (χ4n) is 3.31. The quantitative estimate of drug-likeness (QED) is 0.478. The standard InChI is InChI=1S/C18H16F4N4O/c1-10-4-11(6-12(19)5-10)17(9-23)7-13(8-17)27-14-2-3-25-16(26-24)15(14)18(20,21)22/h2-6,13H,7-8,24H2,1H3,(H,25,26). The van der Waals surface area contributed by atoms with E-state index in [9.17, 15) is 22.8 Å². The summed E-state index contributed by atoms with van der Waals surface area (Å²) < 4.78 is 59.2. The molecule has 3 rings (SSSR count). The summed E-state index contributed by atoms with van der Waals surface area (Å²) in [5, 5.41) is 9.58. The van der Waals surface area contributed by atoms with Crippen LogP contribution in [0.5, 0.6) is 5.75 Å². The highest BCUT2D eigenvalue weighted by molar-refractivity contribution is 5.53. The minimum absolute atomic E-state index is 0.150. The van der Waals surface area contributed by atoms with Gasteiger partial charge in [-0.3, -0.25) is 0 Å². The van der Waals surface area contributed by atoms with Crippen molar-refractivity contribution in [1.29, 1.82) is 5.26 Å². The van der Waals surface area contributed by atoms with Crippen LogP contribution in [0.2, 0.25) is 0 Å². The van der Waals surface area contributed by atoms with Gasteiger partial charge in [0.05, 0.1) is 11.5 Å². The summed E-state index contributed by atoms with van der Waals surface area (Å²) in [4.78, 5) is 3.56. The number of ether oxygens (including phenoxy) is 1. The minimum atomic E-state index is -4.72. The largest absolute Gasteiger partial charge is 0.489 e. The van der Waals surface area contributed by atoms with E-state index in [4.69, 9.17) is 10.6 Å². The molecule has 3 N–H and O–H groups in total. The number of nitriles is 1. The Kier molecular flexibility index (Phi) is 4.70.